The van der Waals surface area contributed by atoms with Crippen LogP contribution in [0.15, 0.2) is 109 Å². The summed E-state index contributed by atoms with van der Waals surface area (Å²) in [6.07, 6.45) is 2.18. The number of carbonyl (C=O) groups is 2. The number of rotatable bonds is 7. The summed E-state index contributed by atoms with van der Waals surface area (Å²) in [6, 6.07) is 33.0. The molecule has 4 unspecified atom stereocenters. The Labute approximate surface area is 302 Å². The van der Waals surface area contributed by atoms with Crippen LogP contribution >= 0.6 is 0 Å². The maximum Gasteiger partial charge on any atom is 0.339 e. The van der Waals surface area contributed by atoms with Crippen molar-refractivity contribution in [1.82, 2.24) is 0 Å². The lowest BCUT2D eigenvalue weighted by molar-refractivity contribution is -0.140. The Bertz CT molecular complexity index is 1910. The van der Waals surface area contributed by atoms with Gasteiger partial charge in [-0.05, 0) is 114 Å². The maximum absolute atomic E-state index is 13.2. The van der Waals surface area contributed by atoms with Crippen LogP contribution in [0.25, 0.3) is 10.8 Å². The maximum atomic E-state index is 13.2. The number of benzene rings is 5. The van der Waals surface area contributed by atoms with Crippen LogP contribution in [-0.2, 0) is 15.1 Å². The van der Waals surface area contributed by atoms with E-state index in [1.54, 1.807) is 30.3 Å². The Morgan fingerprint density at radius 3 is 2.04 bits per heavy atom. The molecule has 6 rings (SSSR count). The summed E-state index contributed by atoms with van der Waals surface area (Å²) in [7, 11) is 0. The predicted octanol–water partition coefficient (Wildman–Crippen LogP) is 11.8. The summed E-state index contributed by atoms with van der Waals surface area (Å²) in [6.45, 7) is 16.3. The third-order valence-corrected chi connectivity index (χ3v) is 10.0. The summed E-state index contributed by atoms with van der Waals surface area (Å²) >= 11 is 0. The quantitative estimate of drug-likeness (QED) is 0.136. The van der Waals surface area contributed by atoms with E-state index in [-0.39, 0.29) is 29.6 Å². The van der Waals surface area contributed by atoms with Crippen molar-refractivity contribution in [2.45, 2.75) is 91.6 Å². The largest absolute Gasteiger partial charge is 0.508 e. The van der Waals surface area contributed by atoms with E-state index < -0.39 is 5.60 Å². The van der Waals surface area contributed by atoms with Crippen LogP contribution in [0.4, 0.5) is 4.39 Å². The average Bonchev–Trinajstić information content (AvgIpc) is 3.13. The number of hydrogen-bond acceptors (Lipinski definition) is 5. The van der Waals surface area contributed by atoms with Crippen LogP contribution in [-0.4, -0.2) is 17.0 Å². The van der Waals surface area contributed by atoms with Gasteiger partial charge in [0.15, 0.2) is 0 Å². The smallest absolute Gasteiger partial charge is 0.339 e. The second-order valence-corrected chi connectivity index (χ2v) is 13.9. The lowest BCUT2D eigenvalue weighted by atomic mass is 9.86. The van der Waals surface area contributed by atoms with Gasteiger partial charge in [-0.25, -0.2) is 9.18 Å². The first-order chi connectivity index (χ1) is 24.3. The minimum absolute atomic E-state index is 0.0325. The van der Waals surface area contributed by atoms with Gasteiger partial charge in [0, 0.05) is 0 Å². The highest BCUT2D eigenvalue weighted by atomic mass is 19.1. The van der Waals surface area contributed by atoms with Gasteiger partial charge in [0.1, 0.15) is 22.9 Å². The van der Waals surface area contributed by atoms with Gasteiger partial charge in [-0.15, -0.1) is 0 Å². The molecule has 4 atom stereocenters. The Morgan fingerprint density at radius 2 is 1.39 bits per heavy atom. The SMILES string of the molecule is CC1C(=O)Oc2ccccc2C1C.CCC(C)c1ccc(O)cc1.CCC(C)c1cccc2c(C(=O)OC(C)(C)c3ccc(F)cc3)cccc12. The first-order valence-electron chi connectivity index (χ1n) is 17.9. The number of halogens is 1. The summed E-state index contributed by atoms with van der Waals surface area (Å²) in [5.41, 5.74) is 4.11. The number of ether oxygens (including phenoxy) is 2. The number of carbonyl (C=O) groups excluding carboxylic acids is 2. The number of phenols is 1. The van der Waals surface area contributed by atoms with E-state index in [1.165, 1.54) is 23.3 Å². The fraction of sp³-hybridized carbons (Fsp3) is 0.333. The molecule has 268 valence electrons. The Kier molecular flexibility index (Phi) is 13.2. The van der Waals surface area contributed by atoms with E-state index in [0.717, 1.165) is 40.5 Å². The number of fused-ring (bicyclic) bond motifs is 2. The molecule has 6 heteroatoms. The van der Waals surface area contributed by atoms with Crippen molar-refractivity contribution in [3.8, 4) is 11.5 Å². The summed E-state index contributed by atoms with van der Waals surface area (Å²) in [5, 5.41) is 11.0. The first-order valence-corrected chi connectivity index (χ1v) is 17.9. The molecule has 1 aliphatic heterocycles. The molecule has 0 spiro atoms. The molecule has 51 heavy (non-hydrogen) atoms. The topological polar surface area (TPSA) is 72.8 Å². The van der Waals surface area contributed by atoms with E-state index in [4.69, 9.17) is 14.6 Å². The minimum Gasteiger partial charge on any atom is -0.508 e. The number of esters is 2. The number of phenolic OH excluding ortho intramolecular Hbond substituents is 1. The van der Waals surface area contributed by atoms with Crippen molar-refractivity contribution >= 4 is 22.7 Å². The van der Waals surface area contributed by atoms with Crippen LogP contribution in [0, 0.1) is 11.7 Å². The fourth-order valence-corrected chi connectivity index (χ4v) is 6.02. The molecule has 0 amide bonds. The molecule has 5 aromatic rings. The number of hydrogen-bond donors (Lipinski definition) is 1. The zero-order chi connectivity index (χ0) is 37.3. The van der Waals surface area contributed by atoms with Crippen LogP contribution in [0.1, 0.15) is 119 Å². The van der Waals surface area contributed by atoms with Crippen LogP contribution in [0.5, 0.6) is 11.5 Å². The van der Waals surface area contributed by atoms with Gasteiger partial charge < -0.3 is 14.6 Å². The van der Waals surface area contributed by atoms with Gasteiger partial charge in [-0.2, -0.15) is 0 Å². The van der Waals surface area contributed by atoms with Gasteiger partial charge in [0.2, 0.25) is 0 Å². The molecule has 0 fully saturated rings. The molecule has 0 aromatic heterocycles. The lowest BCUT2D eigenvalue weighted by Crippen LogP contribution is -2.27. The fourth-order valence-electron chi connectivity index (χ4n) is 6.02. The highest BCUT2D eigenvalue weighted by Crippen LogP contribution is 2.37. The molecule has 0 saturated carbocycles. The first kappa shape index (κ1) is 38.8. The third-order valence-electron chi connectivity index (χ3n) is 10.0. The molecule has 5 nitrogen and oxygen atoms in total. The van der Waals surface area contributed by atoms with Crippen molar-refractivity contribution in [3.63, 3.8) is 0 Å². The number of para-hydroxylation sites is 1. The summed E-state index contributed by atoms with van der Waals surface area (Å²) in [4.78, 5) is 24.3. The standard InChI is InChI=1S/C24H25FO2.C11H12O2.C10H14O/c1-5-16(2)19-8-6-10-21-20(19)9-7-11-22(21)23(26)27-24(3,4)17-12-14-18(25)15-13-17;1-7-8(2)11(12)13-10-6-4-3-5-9(7)10;1-3-8(2)9-4-6-10(11)7-5-9/h6-16H,5H2,1-4H3;3-8H,1-2H3;4-8,11H,3H2,1-2H3. The van der Waals surface area contributed by atoms with Crippen LogP contribution < -0.4 is 4.74 Å². The zero-order valence-electron chi connectivity index (χ0n) is 31.1. The highest BCUT2D eigenvalue weighted by Gasteiger charge is 2.31. The van der Waals surface area contributed by atoms with E-state index >= 15 is 0 Å². The monoisotopic (exact) mass is 690 g/mol. The van der Waals surface area contributed by atoms with Crippen molar-refractivity contribution in [2.24, 2.45) is 5.92 Å². The molecule has 0 radical (unpaired) electrons. The highest BCUT2D eigenvalue weighted by molar-refractivity contribution is 6.05. The van der Waals surface area contributed by atoms with Gasteiger partial charge in [-0.1, -0.05) is 114 Å². The lowest BCUT2D eigenvalue weighted by Gasteiger charge is -2.26. The van der Waals surface area contributed by atoms with Crippen molar-refractivity contribution < 1.29 is 28.6 Å². The molecular weight excluding hydrogens is 639 g/mol. The average molecular weight is 691 g/mol. The Hall–Kier alpha value is -4.97. The summed E-state index contributed by atoms with van der Waals surface area (Å²) in [5.74, 6) is 1.49. The molecule has 1 N–H and O–H groups in total. The van der Waals surface area contributed by atoms with Crippen LogP contribution in [0.3, 0.4) is 0 Å². The van der Waals surface area contributed by atoms with E-state index in [1.807, 2.05) is 75.4 Å². The normalized spacial score (nSPS) is 16.3. The molecule has 0 saturated heterocycles. The molecule has 1 aliphatic rings. The molecule has 1 heterocycles. The number of aromatic hydroxyl groups is 1. The molecular formula is C45H51FO5. The third kappa shape index (κ3) is 9.63. The summed E-state index contributed by atoms with van der Waals surface area (Å²) < 4.78 is 24.2. The second kappa shape index (κ2) is 17.3. The molecule has 5 aromatic carbocycles. The van der Waals surface area contributed by atoms with Crippen molar-refractivity contribution in [1.29, 1.82) is 0 Å². The predicted molar refractivity (Wildman–Crippen MR) is 204 cm³/mol. The van der Waals surface area contributed by atoms with Gasteiger partial charge in [0.05, 0.1) is 11.5 Å². The van der Waals surface area contributed by atoms with Gasteiger partial charge >= 0.3 is 11.9 Å². The van der Waals surface area contributed by atoms with Gasteiger partial charge in [0.25, 0.3) is 0 Å². The van der Waals surface area contributed by atoms with E-state index in [2.05, 4.69) is 46.8 Å². The van der Waals surface area contributed by atoms with Gasteiger partial charge in [-0.3, -0.25) is 4.79 Å². The van der Waals surface area contributed by atoms with E-state index in [0.29, 0.717) is 23.1 Å². The molecule has 0 aliphatic carbocycles. The Balaban J connectivity index is 0.000000200. The molecule has 0 bridgehead atoms. The zero-order valence-corrected chi connectivity index (χ0v) is 31.1. The second-order valence-electron chi connectivity index (χ2n) is 13.9. The van der Waals surface area contributed by atoms with E-state index in [9.17, 15) is 14.0 Å². The van der Waals surface area contributed by atoms with Crippen molar-refractivity contribution in [2.75, 3.05) is 0 Å². The van der Waals surface area contributed by atoms with Crippen molar-refractivity contribution in [3.05, 3.63) is 143 Å². The van der Waals surface area contributed by atoms with Crippen LogP contribution in [0.2, 0.25) is 0 Å². The Morgan fingerprint density at radius 1 is 0.784 bits per heavy atom. The minimum atomic E-state index is -0.860.